The lowest BCUT2D eigenvalue weighted by atomic mass is 10.2. The van der Waals surface area contributed by atoms with Crippen molar-refractivity contribution in [1.82, 2.24) is 10.3 Å². The summed E-state index contributed by atoms with van der Waals surface area (Å²) in [4.78, 5) is 26.5. The van der Waals surface area contributed by atoms with Gasteiger partial charge in [-0.15, -0.1) is 0 Å². The largest absolute Gasteiger partial charge is 0.478 e. The fraction of sp³-hybridized carbons (Fsp3) is 0.182. The highest BCUT2D eigenvalue weighted by molar-refractivity contribution is 6.33. The second-order valence-electron chi connectivity index (χ2n) is 6.95. The number of pyridine rings is 1. The Morgan fingerprint density at radius 2 is 1.85 bits per heavy atom. The van der Waals surface area contributed by atoms with E-state index in [1.807, 2.05) is 0 Å². The molecule has 2 aromatic carbocycles. The molecule has 0 aliphatic rings. The standard InChI is InChI=1S/C22H18ClF3N4O4/c23-18-8-7-16(30(32)33)13-17(18)21(31)27-9-4-10-34-20-12-14(22(24,25)26)11-19(29-20)28-15-5-2-1-3-6-15/h1-3,5-8,11-13H,4,9-10H2,(H,27,31)(H,28,29). The number of nitrogens with one attached hydrogen (secondary N) is 2. The quantitative estimate of drug-likeness (QED) is 0.228. The average Bonchev–Trinajstić information content (AvgIpc) is 2.79. The van der Waals surface area contributed by atoms with Gasteiger partial charge in [-0.3, -0.25) is 14.9 Å². The first-order valence-electron chi connectivity index (χ1n) is 9.90. The van der Waals surface area contributed by atoms with Crippen molar-refractivity contribution in [2.75, 3.05) is 18.5 Å². The second-order valence-corrected chi connectivity index (χ2v) is 7.35. The van der Waals surface area contributed by atoms with Gasteiger partial charge in [0.2, 0.25) is 5.88 Å². The Morgan fingerprint density at radius 1 is 1.12 bits per heavy atom. The highest BCUT2D eigenvalue weighted by Gasteiger charge is 2.32. The minimum atomic E-state index is -4.60. The number of nitro benzene ring substituents is 1. The molecule has 0 fully saturated rings. The molecule has 0 radical (unpaired) electrons. The van der Waals surface area contributed by atoms with Crippen molar-refractivity contribution in [3.8, 4) is 5.88 Å². The summed E-state index contributed by atoms with van der Waals surface area (Å²) in [6.45, 7) is 0.0496. The zero-order chi connectivity index (χ0) is 24.7. The number of benzene rings is 2. The van der Waals surface area contributed by atoms with E-state index in [-0.39, 0.29) is 47.5 Å². The maximum atomic E-state index is 13.3. The molecule has 1 amide bonds. The summed E-state index contributed by atoms with van der Waals surface area (Å²) < 4.78 is 45.2. The van der Waals surface area contributed by atoms with Crippen LogP contribution in [0.4, 0.5) is 30.4 Å². The molecular formula is C22H18ClF3N4O4. The first kappa shape index (κ1) is 24.8. The summed E-state index contributed by atoms with van der Waals surface area (Å²) >= 11 is 5.93. The summed E-state index contributed by atoms with van der Waals surface area (Å²) in [6, 6.07) is 13.7. The van der Waals surface area contributed by atoms with Crippen molar-refractivity contribution in [3.63, 3.8) is 0 Å². The van der Waals surface area contributed by atoms with Crippen LogP contribution in [-0.4, -0.2) is 29.0 Å². The first-order valence-corrected chi connectivity index (χ1v) is 10.3. The van der Waals surface area contributed by atoms with Gasteiger partial charge in [0.25, 0.3) is 11.6 Å². The molecule has 2 N–H and O–H groups in total. The van der Waals surface area contributed by atoms with Gasteiger partial charge in [0, 0.05) is 30.4 Å². The van der Waals surface area contributed by atoms with E-state index in [4.69, 9.17) is 16.3 Å². The van der Waals surface area contributed by atoms with E-state index in [9.17, 15) is 28.1 Å². The number of non-ortho nitro benzene ring substituents is 1. The lowest BCUT2D eigenvalue weighted by molar-refractivity contribution is -0.384. The Balaban J connectivity index is 1.59. The predicted molar refractivity (Wildman–Crippen MR) is 120 cm³/mol. The van der Waals surface area contributed by atoms with Crippen LogP contribution in [0, 0.1) is 10.1 Å². The van der Waals surface area contributed by atoms with Gasteiger partial charge in [-0.25, -0.2) is 0 Å². The van der Waals surface area contributed by atoms with E-state index in [0.29, 0.717) is 5.69 Å². The van der Waals surface area contributed by atoms with Crippen LogP contribution in [0.25, 0.3) is 0 Å². The number of ether oxygens (including phenoxy) is 1. The number of anilines is 2. The molecular weight excluding hydrogens is 477 g/mol. The first-order chi connectivity index (χ1) is 16.1. The molecule has 1 heterocycles. The Labute approximate surface area is 196 Å². The molecule has 1 aromatic heterocycles. The molecule has 0 spiro atoms. The van der Waals surface area contributed by atoms with Crippen LogP contribution < -0.4 is 15.4 Å². The van der Waals surface area contributed by atoms with Crippen molar-refractivity contribution in [2.45, 2.75) is 12.6 Å². The molecule has 0 saturated heterocycles. The molecule has 12 heteroatoms. The van der Waals surface area contributed by atoms with Gasteiger partial charge in [0.1, 0.15) is 5.82 Å². The summed E-state index contributed by atoms with van der Waals surface area (Å²) in [5, 5.41) is 16.2. The molecule has 34 heavy (non-hydrogen) atoms. The zero-order valence-corrected chi connectivity index (χ0v) is 18.2. The molecule has 178 valence electrons. The monoisotopic (exact) mass is 494 g/mol. The molecule has 0 aliphatic carbocycles. The number of rotatable bonds is 9. The van der Waals surface area contributed by atoms with Crippen molar-refractivity contribution in [1.29, 1.82) is 0 Å². The van der Waals surface area contributed by atoms with Crippen LogP contribution in [0.15, 0.2) is 60.7 Å². The van der Waals surface area contributed by atoms with Gasteiger partial charge in [-0.2, -0.15) is 18.2 Å². The number of carbonyl (C=O) groups excluding carboxylic acids is 1. The van der Waals surface area contributed by atoms with Crippen molar-refractivity contribution >= 4 is 34.7 Å². The van der Waals surface area contributed by atoms with E-state index >= 15 is 0 Å². The van der Waals surface area contributed by atoms with Crippen LogP contribution >= 0.6 is 11.6 Å². The van der Waals surface area contributed by atoms with E-state index in [1.165, 1.54) is 12.1 Å². The van der Waals surface area contributed by atoms with E-state index in [0.717, 1.165) is 18.2 Å². The van der Waals surface area contributed by atoms with Crippen molar-refractivity contribution < 1.29 is 27.6 Å². The van der Waals surface area contributed by atoms with Crippen LogP contribution in [0.5, 0.6) is 5.88 Å². The summed E-state index contributed by atoms with van der Waals surface area (Å²) in [5.74, 6) is -0.897. The van der Waals surface area contributed by atoms with Gasteiger partial charge in [0.15, 0.2) is 0 Å². The van der Waals surface area contributed by atoms with Gasteiger partial charge >= 0.3 is 6.18 Å². The second kappa shape index (κ2) is 10.8. The highest BCUT2D eigenvalue weighted by Crippen LogP contribution is 2.33. The third-order valence-electron chi connectivity index (χ3n) is 4.44. The van der Waals surface area contributed by atoms with Crippen LogP contribution in [0.3, 0.4) is 0 Å². The number of aromatic nitrogens is 1. The number of hydrogen-bond donors (Lipinski definition) is 2. The molecule has 3 aromatic rings. The lowest BCUT2D eigenvalue weighted by Gasteiger charge is -2.13. The van der Waals surface area contributed by atoms with Gasteiger partial charge in [-0.1, -0.05) is 29.8 Å². The summed E-state index contributed by atoms with van der Waals surface area (Å²) in [5.41, 5.74) is -0.714. The maximum Gasteiger partial charge on any atom is 0.416 e. The molecule has 0 aliphatic heterocycles. The van der Waals surface area contributed by atoms with Gasteiger partial charge < -0.3 is 15.4 Å². The smallest absolute Gasteiger partial charge is 0.416 e. The molecule has 8 nitrogen and oxygen atoms in total. The molecule has 0 bridgehead atoms. The van der Waals surface area contributed by atoms with E-state index in [1.54, 1.807) is 30.3 Å². The number of hydrogen-bond acceptors (Lipinski definition) is 6. The van der Waals surface area contributed by atoms with E-state index < -0.39 is 22.6 Å². The fourth-order valence-electron chi connectivity index (χ4n) is 2.82. The molecule has 0 saturated carbocycles. The normalized spacial score (nSPS) is 11.1. The Kier molecular flexibility index (Phi) is 7.90. The number of amides is 1. The number of nitro groups is 1. The van der Waals surface area contributed by atoms with Crippen LogP contribution in [-0.2, 0) is 6.18 Å². The lowest BCUT2D eigenvalue weighted by Crippen LogP contribution is -2.26. The maximum absolute atomic E-state index is 13.3. The third-order valence-corrected chi connectivity index (χ3v) is 4.77. The average molecular weight is 495 g/mol. The van der Waals surface area contributed by atoms with Crippen molar-refractivity contribution in [2.24, 2.45) is 0 Å². The topological polar surface area (TPSA) is 106 Å². The SMILES string of the molecule is O=C(NCCCOc1cc(C(F)(F)F)cc(Nc2ccccc2)n1)c1cc([N+](=O)[O-])ccc1Cl. The zero-order valence-electron chi connectivity index (χ0n) is 17.4. The number of carbonyl (C=O) groups is 1. The predicted octanol–water partition coefficient (Wildman–Crippen LogP) is 5.60. The molecule has 0 atom stereocenters. The van der Waals surface area contributed by atoms with Crippen LogP contribution in [0.1, 0.15) is 22.3 Å². The number of alkyl halides is 3. The summed E-state index contributed by atoms with van der Waals surface area (Å²) in [7, 11) is 0. The number of halogens is 4. The fourth-order valence-corrected chi connectivity index (χ4v) is 3.03. The minimum absolute atomic E-state index is 0.0374. The Hall–Kier alpha value is -3.86. The van der Waals surface area contributed by atoms with Gasteiger partial charge in [-0.05, 0) is 30.7 Å². The minimum Gasteiger partial charge on any atom is -0.478 e. The number of nitrogens with zero attached hydrogens (tertiary/aromatic N) is 2. The van der Waals surface area contributed by atoms with Crippen LogP contribution in [0.2, 0.25) is 5.02 Å². The van der Waals surface area contributed by atoms with Gasteiger partial charge in [0.05, 0.1) is 27.7 Å². The highest BCUT2D eigenvalue weighted by atomic mass is 35.5. The Morgan fingerprint density at radius 3 is 2.53 bits per heavy atom. The Bertz CT molecular complexity index is 1180. The van der Waals surface area contributed by atoms with E-state index in [2.05, 4.69) is 15.6 Å². The number of para-hydroxylation sites is 1. The summed E-state index contributed by atoms with van der Waals surface area (Å²) in [6.07, 6.45) is -4.36. The molecule has 3 rings (SSSR count). The third kappa shape index (κ3) is 6.82. The molecule has 0 unspecified atom stereocenters. The van der Waals surface area contributed by atoms with Crippen molar-refractivity contribution in [3.05, 3.63) is 86.9 Å².